The van der Waals surface area contributed by atoms with Gasteiger partial charge in [-0.3, -0.25) is 0 Å². The Kier molecular flexibility index (Phi) is 6.51. The highest BCUT2D eigenvalue weighted by molar-refractivity contribution is 7.81. The van der Waals surface area contributed by atoms with Crippen molar-refractivity contribution < 1.29 is 18.7 Å². The maximum Gasteiger partial charge on any atom is 0.230 e. The van der Waals surface area contributed by atoms with Gasteiger partial charge in [0.2, 0.25) is 5.88 Å². The van der Waals surface area contributed by atoms with Crippen LogP contribution in [-0.4, -0.2) is 24.4 Å². The lowest BCUT2D eigenvalue weighted by atomic mass is 10.1. The molecule has 152 valence electrons. The topological polar surface area (TPSA) is 65.8 Å². The number of hydrogen-bond acceptors (Lipinski definition) is 6. The van der Waals surface area contributed by atoms with E-state index < -0.39 is 5.60 Å². The van der Waals surface area contributed by atoms with E-state index in [2.05, 4.69) is 10.5 Å². The van der Waals surface area contributed by atoms with Crippen LogP contribution in [0.1, 0.15) is 30.7 Å². The summed E-state index contributed by atoms with van der Waals surface area (Å²) in [6.07, 6.45) is 0. The van der Waals surface area contributed by atoms with Gasteiger partial charge < -0.3 is 24.1 Å². The van der Waals surface area contributed by atoms with Gasteiger partial charge in [-0.1, -0.05) is 53.8 Å². The molecule has 0 aliphatic heterocycles. The molecule has 0 fully saturated rings. The van der Waals surface area contributed by atoms with E-state index in [9.17, 15) is 0 Å². The van der Waals surface area contributed by atoms with E-state index in [1.54, 1.807) is 20.3 Å². The second-order valence-corrected chi connectivity index (χ2v) is 7.26. The number of ether oxygens (including phenoxy) is 3. The maximum absolute atomic E-state index is 6.05. The van der Waals surface area contributed by atoms with Gasteiger partial charge in [0.25, 0.3) is 0 Å². The lowest BCUT2D eigenvalue weighted by molar-refractivity contribution is -0.0384. The van der Waals surface area contributed by atoms with Crippen LogP contribution in [-0.2, 0) is 16.9 Å². The summed E-state index contributed by atoms with van der Waals surface area (Å²) < 4.78 is 22.3. The van der Waals surface area contributed by atoms with E-state index in [1.807, 2.05) is 62.4 Å². The van der Waals surface area contributed by atoms with Crippen molar-refractivity contribution in [1.82, 2.24) is 5.16 Å². The summed E-state index contributed by atoms with van der Waals surface area (Å²) >= 11 is 5.54. The van der Waals surface area contributed by atoms with Gasteiger partial charge >= 0.3 is 0 Å². The average molecular weight is 413 g/mol. The number of benzene rings is 2. The summed E-state index contributed by atoms with van der Waals surface area (Å²) in [7, 11) is 3.17. The molecule has 0 aliphatic rings. The second kappa shape index (κ2) is 9.07. The first-order chi connectivity index (χ1) is 13.9. The smallest absolute Gasteiger partial charge is 0.230 e. The van der Waals surface area contributed by atoms with Gasteiger partial charge in [-0.25, -0.2) is 0 Å². The van der Waals surface area contributed by atoms with Crippen LogP contribution in [0.15, 0.2) is 59.1 Å². The minimum atomic E-state index is -0.636. The van der Waals surface area contributed by atoms with Crippen molar-refractivity contribution in [2.45, 2.75) is 26.1 Å². The van der Waals surface area contributed by atoms with E-state index >= 15 is 0 Å². The number of nitrogens with one attached hydrogen (secondary N) is 1. The molecule has 0 saturated heterocycles. The first-order valence-corrected chi connectivity index (χ1v) is 9.53. The minimum absolute atomic E-state index is 0.407. The number of rotatable bonds is 8. The SMILES string of the molecule is COc1cccc(OC)c1C(=S)Nc1cc(C(C)(C)OCc2ccccc2)no1. The van der Waals surface area contributed by atoms with Gasteiger partial charge in [0.15, 0.2) is 0 Å². The monoisotopic (exact) mass is 412 g/mol. The van der Waals surface area contributed by atoms with E-state index in [0.717, 1.165) is 5.56 Å². The molecule has 29 heavy (non-hydrogen) atoms. The van der Waals surface area contributed by atoms with Crippen LogP contribution in [0.25, 0.3) is 0 Å². The summed E-state index contributed by atoms with van der Waals surface area (Å²) in [5.41, 5.74) is 1.76. The first-order valence-electron chi connectivity index (χ1n) is 9.12. The minimum Gasteiger partial charge on any atom is -0.496 e. The molecule has 1 aromatic heterocycles. The molecule has 0 amide bonds. The number of aromatic nitrogens is 1. The van der Waals surface area contributed by atoms with Crippen LogP contribution in [0.2, 0.25) is 0 Å². The van der Waals surface area contributed by atoms with Gasteiger partial charge in [0, 0.05) is 6.07 Å². The molecule has 3 rings (SSSR count). The van der Waals surface area contributed by atoms with Crippen LogP contribution in [0.5, 0.6) is 11.5 Å². The van der Waals surface area contributed by atoms with Gasteiger partial charge in [-0.2, -0.15) is 0 Å². The third-order valence-electron chi connectivity index (χ3n) is 4.46. The van der Waals surface area contributed by atoms with Gasteiger partial charge in [-0.15, -0.1) is 0 Å². The predicted molar refractivity (Wildman–Crippen MR) is 116 cm³/mol. The van der Waals surface area contributed by atoms with E-state index in [1.165, 1.54) is 0 Å². The fourth-order valence-electron chi connectivity index (χ4n) is 2.78. The van der Waals surface area contributed by atoms with Crippen molar-refractivity contribution in [2.24, 2.45) is 0 Å². The maximum atomic E-state index is 6.05. The molecule has 0 bridgehead atoms. The van der Waals surface area contributed by atoms with E-state index in [0.29, 0.717) is 40.2 Å². The van der Waals surface area contributed by atoms with Crippen molar-refractivity contribution in [1.29, 1.82) is 0 Å². The molecule has 1 heterocycles. The van der Waals surface area contributed by atoms with Crippen molar-refractivity contribution in [3.05, 3.63) is 71.4 Å². The largest absolute Gasteiger partial charge is 0.496 e. The van der Waals surface area contributed by atoms with Crippen molar-refractivity contribution >= 4 is 23.1 Å². The van der Waals surface area contributed by atoms with E-state index in [-0.39, 0.29) is 0 Å². The second-order valence-electron chi connectivity index (χ2n) is 6.85. The quantitative estimate of drug-likeness (QED) is 0.526. The van der Waals surface area contributed by atoms with Crippen molar-refractivity contribution in [3.63, 3.8) is 0 Å². The first kappa shape index (κ1) is 20.8. The van der Waals surface area contributed by atoms with Gasteiger partial charge in [0.1, 0.15) is 27.8 Å². The van der Waals surface area contributed by atoms with Crippen molar-refractivity contribution in [2.75, 3.05) is 19.5 Å². The third-order valence-corrected chi connectivity index (χ3v) is 4.77. The molecule has 6 nitrogen and oxygen atoms in total. The fraction of sp³-hybridized carbons (Fsp3) is 0.273. The summed E-state index contributed by atoms with van der Waals surface area (Å²) in [4.78, 5) is 0.407. The van der Waals surface area contributed by atoms with Crippen LogP contribution in [0, 0.1) is 0 Å². The molecule has 0 aliphatic carbocycles. The molecule has 0 spiro atoms. The molecule has 2 aromatic carbocycles. The van der Waals surface area contributed by atoms with Crippen molar-refractivity contribution in [3.8, 4) is 11.5 Å². The Bertz CT molecular complexity index is 948. The summed E-state index contributed by atoms with van der Waals surface area (Å²) in [6.45, 7) is 4.36. The number of methoxy groups -OCH3 is 2. The lowest BCUT2D eigenvalue weighted by Crippen LogP contribution is -2.22. The molecule has 3 aromatic rings. The van der Waals surface area contributed by atoms with Gasteiger partial charge in [0.05, 0.1) is 26.4 Å². The number of hydrogen-bond donors (Lipinski definition) is 1. The molecule has 1 N–H and O–H groups in total. The van der Waals surface area contributed by atoms with Crippen LogP contribution >= 0.6 is 12.2 Å². The third kappa shape index (κ3) is 4.93. The van der Waals surface area contributed by atoms with Crippen LogP contribution in [0.4, 0.5) is 5.88 Å². The van der Waals surface area contributed by atoms with E-state index in [4.69, 9.17) is 31.0 Å². The Morgan fingerprint density at radius 3 is 2.31 bits per heavy atom. The Morgan fingerprint density at radius 2 is 1.69 bits per heavy atom. The molecule has 0 atom stereocenters. The predicted octanol–water partition coefficient (Wildman–Crippen LogP) is 4.93. The Labute approximate surface area is 175 Å². The molecule has 0 saturated carbocycles. The molecule has 0 radical (unpaired) electrons. The van der Waals surface area contributed by atoms with Crippen LogP contribution < -0.4 is 14.8 Å². The van der Waals surface area contributed by atoms with Gasteiger partial charge in [-0.05, 0) is 31.5 Å². The molecular formula is C22H24N2O4S. The Hall–Kier alpha value is -2.90. The zero-order chi connectivity index (χ0) is 20.9. The molecule has 7 heteroatoms. The Morgan fingerprint density at radius 1 is 1.03 bits per heavy atom. The summed E-state index contributed by atoms with van der Waals surface area (Å²) in [6, 6.07) is 17.2. The zero-order valence-corrected chi connectivity index (χ0v) is 17.7. The zero-order valence-electron chi connectivity index (χ0n) is 16.9. The highest BCUT2D eigenvalue weighted by atomic mass is 32.1. The summed E-state index contributed by atoms with van der Waals surface area (Å²) in [5.74, 6) is 1.62. The molecule has 0 unspecified atom stereocenters. The standard InChI is InChI=1S/C22H24N2O4S/c1-22(2,27-14-15-9-6-5-7-10-15)18-13-19(28-24-18)23-21(29)20-16(25-3)11-8-12-17(20)26-4/h5-13H,14H2,1-4H3,(H,23,29). The Balaban J connectivity index is 1.72. The highest BCUT2D eigenvalue weighted by Gasteiger charge is 2.26. The van der Waals surface area contributed by atoms with Crippen LogP contribution in [0.3, 0.4) is 0 Å². The highest BCUT2D eigenvalue weighted by Crippen LogP contribution is 2.31. The number of nitrogens with zero attached hydrogens (tertiary/aromatic N) is 1. The lowest BCUT2D eigenvalue weighted by Gasteiger charge is -2.22. The molecular weight excluding hydrogens is 388 g/mol. The average Bonchev–Trinajstić information content (AvgIpc) is 3.21. The normalized spacial score (nSPS) is 11.2. The fourth-order valence-corrected chi connectivity index (χ4v) is 3.08. The summed E-state index contributed by atoms with van der Waals surface area (Å²) in [5, 5.41) is 7.21. The number of thiocarbonyl (C=S) groups is 1. The number of anilines is 1.